The molecular weight excluding hydrogens is 412 g/mol. The predicted octanol–water partition coefficient (Wildman–Crippen LogP) is 5.75. The molecule has 0 saturated heterocycles. The number of ether oxygens (including phenoxy) is 1. The Kier molecular flexibility index (Phi) is 6.56. The van der Waals surface area contributed by atoms with Gasteiger partial charge in [-0.05, 0) is 62.4 Å². The van der Waals surface area contributed by atoms with Crippen LogP contribution in [0, 0.1) is 12.8 Å². The van der Waals surface area contributed by atoms with E-state index in [1.807, 2.05) is 56.4 Å². The molecule has 0 spiro atoms. The first kappa shape index (κ1) is 21.4. The van der Waals surface area contributed by atoms with Crippen molar-refractivity contribution < 1.29 is 9.53 Å². The number of carbonyl (C=O) groups is 1. The molecule has 0 amide bonds. The molecule has 162 valence electrons. The average molecular weight is 439 g/mol. The fourth-order valence-corrected chi connectivity index (χ4v) is 4.28. The number of aryl methyl sites for hydroxylation is 1. The van der Waals surface area contributed by atoms with Crippen molar-refractivity contribution in [2.24, 2.45) is 5.92 Å². The van der Waals surface area contributed by atoms with Crippen LogP contribution in [0.1, 0.15) is 60.3 Å². The van der Waals surface area contributed by atoms with E-state index in [0.717, 1.165) is 17.2 Å². The molecular formula is C24H27ClN4O2. The highest BCUT2D eigenvalue weighted by Gasteiger charge is 2.26. The third kappa shape index (κ3) is 4.90. The molecule has 1 aromatic carbocycles. The summed E-state index contributed by atoms with van der Waals surface area (Å²) in [6.45, 7) is 4.06. The number of esters is 1. The van der Waals surface area contributed by atoms with Crippen molar-refractivity contribution in [3.63, 3.8) is 0 Å². The fourth-order valence-electron chi connectivity index (χ4n) is 4.15. The van der Waals surface area contributed by atoms with Crippen molar-refractivity contribution in [3.8, 4) is 5.82 Å². The summed E-state index contributed by atoms with van der Waals surface area (Å²) >= 11 is 6.12. The second-order valence-electron chi connectivity index (χ2n) is 7.92. The Labute approximate surface area is 187 Å². The van der Waals surface area contributed by atoms with Gasteiger partial charge in [-0.25, -0.2) is 14.5 Å². The summed E-state index contributed by atoms with van der Waals surface area (Å²) in [7, 11) is 0. The molecule has 0 radical (unpaired) electrons. The molecule has 7 heteroatoms. The number of pyridine rings is 1. The minimum Gasteiger partial charge on any atom is -0.462 e. The Balaban J connectivity index is 1.54. The first-order valence-electron chi connectivity index (χ1n) is 10.8. The van der Waals surface area contributed by atoms with E-state index >= 15 is 0 Å². The van der Waals surface area contributed by atoms with Gasteiger partial charge in [0.1, 0.15) is 0 Å². The molecule has 1 aliphatic carbocycles. The third-order valence-corrected chi connectivity index (χ3v) is 6.17. The lowest BCUT2D eigenvalue weighted by Gasteiger charge is -2.26. The first-order valence-corrected chi connectivity index (χ1v) is 11.1. The number of carbonyl (C=O) groups excluding carboxylic acids is 1. The fraction of sp³-hybridized carbons (Fsp3) is 0.375. The molecule has 1 unspecified atom stereocenters. The zero-order valence-electron chi connectivity index (χ0n) is 17.8. The molecule has 0 aliphatic heterocycles. The summed E-state index contributed by atoms with van der Waals surface area (Å²) < 4.78 is 6.79. The Bertz CT molecular complexity index is 1010. The molecule has 1 atom stereocenters. The molecule has 0 bridgehead atoms. The van der Waals surface area contributed by atoms with E-state index in [1.54, 1.807) is 10.9 Å². The molecule has 4 rings (SSSR count). The van der Waals surface area contributed by atoms with Gasteiger partial charge in [0.2, 0.25) is 0 Å². The van der Waals surface area contributed by atoms with Crippen molar-refractivity contribution in [1.82, 2.24) is 14.8 Å². The summed E-state index contributed by atoms with van der Waals surface area (Å²) in [6.07, 6.45) is 8.47. The molecule has 31 heavy (non-hydrogen) atoms. The summed E-state index contributed by atoms with van der Waals surface area (Å²) in [4.78, 5) is 16.5. The number of benzene rings is 1. The van der Waals surface area contributed by atoms with Crippen molar-refractivity contribution >= 4 is 23.3 Å². The number of rotatable bonds is 7. The van der Waals surface area contributed by atoms with Crippen LogP contribution in [0.25, 0.3) is 5.82 Å². The van der Waals surface area contributed by atoms with E-state index < -0.39 is 0 Å². The van der Waals surface area contributed by atoms with Crippen LogP contribution in [0.15, 0.2) is 48.8 Å². The molecule has 2 heterocycles. The van der Waals surface area contributed by atoms with Gasteiger partial charge in [-0.3, -0.25) is 0 Å². The molecule has 1 N–H and O–H groups in total. The number of hydrogen-bond donors (Lipinski definition) is 1. The van der Waals surface area contributed by atoms with Gasteiger partial charge >= 0.3 is 5.97 Å². The molecule has 1 saturated carbocycles. The lowest BCUT2D eigenvalue weighted by molar-refractivity contribution is 0.0526. The SMILES string of the molecule is CCOC(=O)c1ccc(C(Nc2ccc(-n3cc(Cl)c(C)n3)nc2)C2CCCC2)cc1. The van der Waals surface area contributed by atoms with Crippen LogP contribution in [0.5, 0.6) is 0 Å². The maximum Gasteiger partial charge on any atom is 0.338 e. The second-order valence-corrected chi connectivity index (χ2v) is 8.33. The smallest absolute Gasteiger partial charge is 0.338 e. The van der Waals surface area contributed by atoms with E-state index in [-0.39, 0.29) is 12.0 Å². The van der Waals surface area contributed by atoms with Gasteiger partial charge in [0, 0.05) is 0 Å². The van der Waals surface area contributed by atoms with E-state index in [9.17, 15) is 4.79 Å². The Hall–Kier alpha value is -2.86. The normalized spacial score (nSPS) is 15.1. The summed E-state index contributed by atoms with van der Waals surface area (Å²) in [6, 6.07) is 11.9. The number of nitrogens with one attached hydrogen (secondary N) is 1. The lowest BCUT2D eigenvalue weighted by atomic mass is 9.91. The molecule has 2 aromatic heterocycles. The van der Waals surface area contributed by atoms with Gasteiger partial charge in [0.15, 0.2) is 5.82 Å². The van der Waals surface area contributed by atoms with E-state index in [4.69, 9.17) is 16.3 Å². The summed E-state index contributed by atoms with van der Waals surface area (Å²) in [5, 5.41) is 8.68. The maximum atomic E-state index is 12.0. The monoisotopic (exact) mass is 438 g/mol. The van der Waals surface area contributed by atoms with E-state index in [1.165, 1.54) is 31.2 Å². The van der Waals surface area contributed by atoms with Gasteiger partial charge in [-0.1, -0.05) is 36.6 Å². The number of nitrogens with zero attached hydrogens (tertiary/aromatic N) is 3. The highest BCUT2D eigenvalue weighted by Crippen LogP contribution is 2.38. The number of hydrogen-bond acceptors (Lipinski definition) is 5. The van der Waals surface area contributed by atoms with Crippen molar-refractivity contribution in [2.75, 3.05) is 11.9 Å². The third-order valence-electron chi connectivity index (χ3n) is 5.80. The average Bonchev–Trinajstić information content (AvgIpc) is 3.43. The summed E-state index contributed by atoms with van der Waals surface area (Å²) in [5.74, 6) is 0.977. The van der Waals surface area contributed by atoms with Crippen LogP contribution in [0.4, 0.5) is 5.69 Å². The zero-order chi connectivity index (χ0) is 21.8. The number of aromatic nitrogens is 3. The second kappa shape index (κ2) is 9.52. The minimum absolute atomic E-state index is 0.160. The van der Waals surface area contributed by atoms with E-state index in [0.29, 0.717) is 23.1 Å². The van der Waals surface area contributed by atoms with Crippen LogP contribution in [0.3, 0.4) is 0 Å². The van der Waals surface area contributed by atoms with Crippen molar-refractivity contribution in [3.05, 3.63) is 70.6 Å². The predicted molar refractivity (Wildman–Crippen MR) is 122 cm³/mol. The number of anilines is 1. The van der Waals surface area contributed by atoms with Crippen LogP contribution in [-0.4, -0.2) is 27.3 Å². The first-order chi connectivity index (χ1) is 15.0. The quantitative estimate of drug-likeness (QED) is 0.475. The van der Waals surface area contributed by atoms with Crippen molar-refractivity contribution in [1.29, 1.82) is 0 Å². The lowest BCUT2D eigenvalue weighted by Crippen LogP contribution is -2.19. The highest BCUT2D eigenvalue weighted by molar-refractivity contribution is 6.31. The van der Waals surface area contributed by atoms with Gasteiger partial charge in [-0.2, -0.15) is 5.10 Å². The molecule has 1 aliphatic rings. The zero-order valence-corrected chi connectivity index (χ0v) is 18.6. The van der Waals surface area contributed by atoms with Gasteiger partial charge in [0.25, 0.3) is 0 Å². The van der Waals surface area contributed by atoms with E-state index in [2.05, 4.69) is 15.4 Å². The van der Waals surface area contributed by atoms with Crippen LogP contribution < -0.4 is 5.32 Å². The molecule has 1 fully saturated rings. The summed E-state index contributed by atoms with van der Waals surface area (Å²) in [5.41, 5.74) is 3.47. The number of halogens is 1. The Morgan fingerprint density at radius 2 is 1.97 bits per heavy atom. The van der Waals surface area contributed by atoms with Crippen LogP contribution in [0.2, 0.25) is 5.02 Å². The van der Waals surface area contributed by atoms with Crippen LogP contribution >= 0.6 is 11.6 Å². The topological polar surface area (TPSA) is 69.0 Å². The minimum atomic E-state index is -0.284. The molecule has 6 nitrogen and oxygen atoms in total. The highest BCUT2D eigenvalue weighted by atomic mass is 35.5. The van der Waals surface area contributed by atoms with Gasteiger partial charge in [0.05, 0.1) is 47.0 Å². The van der Waals surface area contributed by atoms with Crippen molar-refractivity contribution in [2.45, 2.75) is 45.6 Å². The van der Waals surface area contributed by atoms with Crippen LogP contribution in [-0.2, 0) is 4.74 Å². The Morgan fingerprint density at radius 3 is 2.55 bits per heavy atom. The van der Waals surface area contributed by atoms with Gasteiger partial charge in [-0.15, -0.1) is 0 Å². The largest absolute Gasteiger partial charge is 0.462 e. The van der Waals surface area contributed by atoms with Gasteiger partial charge < -0.3 is 10.1 Å². The molecule has 3 aromatic rings. The maximum absolute atomic E-state index is 12.0. The Morgan fingerprint density at radius 1 is 1.23 bits per heavy atom. The standard InChI is InChI=1S/C24H27ClN4O2/c1-3-31-24(30)19-10-8-18(9-11-19)23(17-6-4-5-7-17)27-20-12-13-22(26-14-20)29-15-21(25)16(2)28-29/h8-15,17,23,27H,3-7H2,1-2H3.